The summed E-state index contributed by atoms with van der Waals surface area (Å²) in [6.07, 6.45) is 10.0. The molecule has 5 aliphatic rings. The number of amides is 2. The van der Waals surface area contributed by atoms with Gasteiger partial charge in [0.2, 0.25) is 11.8 Å². The van der Waals surface area contributed by atoms with Crippen molar-refractivity contribution < 1.29 is 19.8 Å². The second-order valence-electron chi connectivity index (χ2n) is 7.05. The van der Waals surface area contributed by atoms with Crippen molar-refractivity contribution in [3.05, 3.63) is 47.6 Å². The van der Waals surface area contributed by atoms with Crippen LogP contribution in [0, 0.1) is 0 Å². The van der Waals surface area contributed by atoms with Crippen LogP contribution in [0.25, 0.3) is 0 Å². The van der Waals surface area contributed by atoms with Crippen molar-refractivity contribution in [2.24, 2.45) is 0 Å². The predicted octanol–water partition coefficient (Wildman–Crippen LogP) is -0.347. The first-order valence-electron chi connectivity index (χ1n) is 8.33. The Morgan fingerprint density at radius 3 is 1.62 bits per heavy atom. The normalized spacial score (nSPS) is 42.4. The molecule has 0 aromatic carbocycles. The number of nitrogens with zero attached hydrogens (tertiary/aromatic N) is 2. The lowest BCUT2D eigenvalue weighted by Crippen LogP contribution is -2.65. The minimum absolute atomic E-state index is 0.121. The number of fused-ring (bicyclic) bond motifs is 6. The highest BCUT2D eigenvalue weighted by Crippen LogP contribution is 2.44. The summed E-state index contributed by atoms with van der Waals surface area (Å²) in [5.41, 5.74) is 1.86. The number of hydrogen-bond acceptors (Lipinski definition) is 4. The van der Waals surface area contributed by atoms with Crippen molar-refractivity contribution in [2.75, 3.05) is 0 Å². The lowest BCUT2D eigenvalue weighted by atomic mass is 9.95. The van der Waals surface area contributed by atoms with E-state index in [2.05, 4.69) is 0 Å². The molecule has 2 N–H and O–H groups in total. The van der Waals surface area contributed by atoms with Crippen molar-refractivity contribution in [3.63, 3.8) is 0 Å². The first-order chi connectivity index (χ1) is 11.6. The van der Waals surface area contributed by atoms with E-state index in [0.29, 0.717) is 12.8 Å². The Morgan fingerprint density at radius 2 is 1.21 bits per heavy atom. The fraction of sp³-hybridized carbons (Fsp3) is 0.444. The summed E-state index contributed by atoms with van der Waals surface area (Å²) in [5.74, 6) is -0.241. The highest BCUT2D eigenvalue weighted by Gasteiger charge is 2.59. The number of aliphatic hydroxyl groups excluding tert-OH is 2. The fourth-order valence-corrected chi connectivity index (χ4v) is 4.87. The average molecular weight is 326 g/mol. The molecule has 2 aliphatic carbocycles. The van der Waals surface area contributed by atoms with Crippen molar-refractivity contribution in [1.82, 2.24) is 9.80 Å². The lowest BCUT2D eigenvalue weighted by Gasteiger charge is -2.44. The standard InChI is InChI=1S/C18H18N2O4/c21-13-5-1-3-9-7-11-17(23)20-12(18(24)19(11)15(9)13)8-10-4-2-6-14(22)16(10)20/h1-6,11-16,21-22H,7-8H2/t11-,12-,13-,14-,15-,16-/m0/s1. The van der Waals surface area contributed by atoms with E-state index in [9.17, 15) is 19.8 Å². The molecule has 3 saturated heterocycles. The van der Waals surface area contributed by atoms with E-state index < -0.39 is 36.4 Å². The van der Waals surface area contributed by atoms with Gasteiger partial charge in [0.25, 0.3) is 0 Å². The van der Waals surface area contributed by atoms with Crippen LogP contribution in [0.4, 0.5) is 0 Å². The van der Waals surface area contributed by atoms with Crippen molar-refractivity contribution >= 4 is 11.8 Å². The largest absolute Gasteiger partial charge is 0.387 e. The molecule has 6 nitrogen and oxygen atoms in total. The highest BCUT2D eigenvalue weighted by molar-refractivity contribution is 6.00. The molecular formula is C18H18N2O4. The van der Waals surface area contributed by atoms with Crippen molar-refractivity contribution in [3.8, 4) is 0 Å². The molecule has 6 heteroatoms. The molecule has 5 rings (SSSR count). The van der Waals surface area contributed by atoms with Crippen LogP contribution in [0.2, 0.25) is 0 Å². The van der Waals surface area contributed by atoms with Gasteiger partial charge in [-0.15, -0.1) is 0 Å². The van der Waals surface area contributed by atoms with E-state index in [1.165, 1.54) is 0 Å². The summed E-state index contributed by atoms with van der Waals surface area (Å²) in [5, 5.41) is 20.6. The van der Waals surface area contributed by atoms with E-state index in [4.69, 9.17) is 0 Å². The Morgan fingerprint density at radius 1 is 0.792 bits per heavy atom. The van der Waals surface area contributed by atoms with E-state index in [-0.39, 0.29) is 11.8 Å². The molecular weight excluding hydrogens is 308 g/mol. The number of piperazine rings is 1. The molecule has 2 amide bonds. The monoisotopic (exact) mass is 326 g/mol. The highest BCUT2D eigenvalue weighted by atomic mass is 16.3. The molecule has 3 aliphatic heterocycles. The maximum atomic E-state index is 13.1. The van der Waals surface area contributed by atoms with E-state index in [1.807, 2.05) is 12.2 Å². The number of carbonyl (C=O) groups excluding carboxylic acids is 2. The molecule has 3 heterocycles. The zero-order chi connectivity index (χ0) is 16.6. The number of carbonyl (C=O) groups is 2. The summed E-state index contributed by atoms with van der Waals surface area (Å²) in [7, 11) is 0. The molecule has 0 aromatic heterocycles. The van der Waals surface area contributed by atoms with Gasteiger partial charge >= 0.3 is 0 Å². The van der Waals surface area contributed by atoms with Gasteiger partial charge in [-0.05, 0) is 11.1 Å². The Hall–Kier alpha value is -2.18. The van der Waals surface area contributed by atoms with Gasteiger partial charge in [-0.3, -0.25) is 9.59 Å². The van der Waals surface area contributed by atoms with Crippen molar-refractivity contribution in [1.29, 1.82) is 0 Å². The van der Waals surface area contributed by atoms with Gasteiger partial charge in [0.05, 0.1) is 24.3 Å². The molecule has 0 unspecified atom stereocenters. The third-order valence-corrected chi connectivity index (χ3v) is 5.85. The van der Waals surface area contributed by atoms with Gasteiger partial charge in [0.1, 0.15) is 12.1 Å². The van der Waals surface area contributed by atoms with Gasteiger partial charge in [0, 0.05) is 12.8 Å². The summed E-state index contributed by atoms with van der Waals surface area (Å²) in [6, 6.07) is -2.01. The molecule has 6 atom stereocenters. The van der Waals surface area contributed by atoms with Gasteiger partial charge in [-0.25, -0.2) is 0 Å². The summed E-state index contributed by atoms with van der Waals surface area (Å²) < 4.78 is 0. The Labute approximate surface area is 139 Å². The second kappa shape index (κ2) is 4.68. The van der Waals surface area contributed by atoms with Crippen LogP contribution >= 0.6 is 0 Å². The van der Waals surface area contributed by atoms with Gasteiger partial charge in [0.15, 0.2) is 0 Å². The second-order valence-corrected chi connectivity index (χ2v) is 7.05. The summed E-state index contributed by atoms with van der Waals surface area (Å²) in [6.45, 7) is 0. The van der Waals surface area contributed by atoms with Gasteiger partial charge < -0.3 is 20.0 Å². The van der Waals surface area contributed by atoms with Crippen LogP contribution in [0.3, 0.4) is 0 Å². The van der Waals surface area contributed by atoms with Crippen LogP contribution in [0.5, 0.6) is 0 Å². The SMILES string of the molecule is O=C1[C@@H]2CC3=CC=C[C@H](O)[C@H]3N2C(=O)[C@@H]2CC3=CC=C[C@H](O)[C@H]3N12. The van der Waals surface area contributed by atoms with Crippen LogP contribution in [-0.2, 0) is 9.59 Å². The third kappa shape index (κ3) is 1.62. The van der Waals surface area contributed by atoms with E-state index >= 15 is 0 Å². The number of aliphatic hydroxyl groups is 2. The smallest absolute Gasteiger partial charge is 0.247 e. The molecule has 0 radical (unpaired) electrons. The summed E-state index contributed by atoms with van der Waals surface area (Å²) in [4.78, 5) is 29.4. The van der Waals surface area contributed by atoms with Crippen LogP contribution in [0.15, 0.2) is 47.6 Å². The number of rotatable bonds is 0. The fourth-order valence-electron chi connectivity index (χ4n) is 4.87. The lowest BCUT2D eigenvalue weighted by molar-refractivity contribution is -0.163. The third-order valence-electron chi connectivity index (χ3n) is 5.85. The van der Waals surface area contributed by atoms with Crippen LogP contribution in [0.1, 0.15) is 12.8 Å². The quantitative estimate of drug-likeness (QED) is 0.638. The van der Waals surface area contributed by atoms with Crippen LogP contribution < -0.4 is 0 Å². The molecule has 124 valence electrons. The zero-order valence-corrected chi connectivity index (χ0v) is 12.9. The average Bonchev–Trinajstić information content (AvgIpc) is 3.13. The Bertz CT molecular complexity index is 701. The van der Waals surface area contributed by atoms with Crippen LogP contribution in [-0.4, -0.2) is 68.2 Å². The Balaban J connectivity index is 1.56. The first kappa shape index (κ1) is 14.2. The number of hydrogen-bond donors (Lipinski definition) is 2. The van der Waals surface area contributed by atoms with Crippen molar-refractivity contribution in [2.45, 2.75) is 49.2 Å². The molecule has 24 heavy (non-hydrogen) atoms. The Kier molecular flexibility index (Phi) is 2.76. The maximum absolute atomic E-state index is 13.1. The molecule has 0 aromatic rings. The molecule has 3 fully saturated rings. The zero-order valence-electron chi connectivity index (χ0n) is 12.9. The summed E-state index contributed by atoms with van der Waals surface area (Å²) >= 11 is 0. The van der Waals surface area contributed by atoms with E-state index in [1.54, 1.807) is 34.1 Å². The van der Waals surface area contributed by atoms with E-state index in [0.717, 1.165) is 11.1 Å². The number of allylic oxidation sites excluding steroid dienone is 4. The van der Waals surface area contributed by atoms with Gasteiger partial charge in [-0.2, -0.15) is 0 Å². The minimum Gasteiger partial charge on any atom is -0.387 e. The molecule has 0 spiro atoms. The predicted molar refractivity (Wildman–Crippen MR) is 84.5 cm³/mol. The first-order valence-corrected chi connectivity index (χ1v) is 8.33. The molecule has 0 bridgehead atoms. The maximum Gasteiger partial charge on any atom is 0.247 e. The topological polar surface area (TPSA) is 81.1 Å². The molecule has 0 saturated carbocycles. The minimum atomic E-state index is -0.770. The van der Waals surface area contributed by atoms with Gasteiger partial charge in [-0.1, -0.05) is 36.5 Å².